The number of hydrogen-bond donors (Lipinski definition) is 1. The van der Waals surface area contributed by atoms with E-state index in [0.717, 1.165) is 6.42 Å². The summed E-state index contributed by atoms with van der Waals surface area (Å²) in [6.45, 7) is 5.69. The summed E-state index contributed by atoms with van der Waals surface area (Å²) in [5, 5.41) is 0. The first-order chi connectivity index (χ1) is 9.49. The highest BCUT2D eigenvalue weighted by atomic mass is 19.1. The van der Waals surface area contributed by atoms with Crippen molar-refractivity contribution in [3.05, 3.63) is 29.6 Å². The summed E-state index contributed by atoms with van der Waals surface area (Å²) in [7, 11) is 0. The molecule has 1 unspecified atom stereocenters. The smallest absolute Gasteiger partial charge is 0.347 e. The fraction of sp³-hybridized carbons (Fsp3) is 0.533. The van der Waals surface area contributed by atoms with E-state index in [1.54, 1.807) is 19.9 Å². The van der Waals surface area contributed by atoms with E-state index in [0.29, 0.717) is 12.0 Å². The van der Waals surface area contributed by atoms with E-state index in [1.807, 2.05) is 6.92 Å². The molecule has 0 aromatic heterocycles. The third kappa shape index (κ3) is 4.49. The highest BCUT2D eigenvalue weighted by Gasteiger charge is 2.22. The molecule has 0 fully saturated rings. The van der Waals surface area contributed by atoms with Crippen LogP contribution >= 0.6 is 0 Å². The summed E-state index contributed by atoms with van der Waals surface area (Å²) in [5.74, 6) is -0.948. The highest BCUT2D eigenvalue weighted by Crippen LogP contribution is 2.23. The fourth-order valence-electron chi connectivity index (χ4n) is 1.77. The van der Waals surface area contributed by atoms with Gasteiger partial charge in [0.15, 0.2) is 17.7 Å². The van der Waals surface area contributed by atoms with Crippen LogP contribution < -0.4 is 10.5 Å². The normalized spacial score (nSPS) is 13.7. The van der Waals surface area contributed by atoms with E-state index in [9.17, 15) is 9.18 Å². The van der Waals surface area contributed by atoms with Crippen molar-refractivity contribution in [3.63, 3.8) is 0 Å². The molecule has 112 valence electrons. The average molecular weight is 283 g/mol. The number of carbonyl (C=O) groups excluding carboxylic acids is 1. The van der Waals surface area contributed by atoms with Crippen LogP contribution in [0.1, 0.15) is 45.2 Å². The van der Waals surface area contributed by atoms with Crippen LogP contribution in [0.3, 0.4) is 0 Å². The lowest BCUT2D eigenvalue weighted by molar-refractivity contribution is -0.151. The molecule has 0 spiro atoms. The summed E-state index contributed by atoms with van der Waals surface area (Å²) in [6, 6.07) is 4.26. The molecule has 0 bridgehead atoms. The molecule has 4 nitrogen and oxygen atoms in total. The van der Waals surface area contributed by atoms with Gasteiger partial charge >= 0.3 is 5.97 Å². The van der Waals surface area contributed by atoms with Crippen LogP contribution in [0, 0.1) is 5.82 Å². The average Bonchev–Trinajstić information content (AvgIpc) is 2.40. The molecule has 5 heteroatoms. The van der Waals surface area contributed by atoms with E-state index in [4.69, 9.17) is 15.2 Å². The van der Waals surface area contributed by atoms with Gasteiger partial charge in [0.2, 0.25) is 0 Å². The number of hydrogen-bond acceptors (Lipinski definition) is 4. The second kappa shape index (κ2) is 7.85. The molecule has 1 aromatic carbocycles. The maximum Gasteiger partial charge on any atom is 0.347 e. The zero-order chi connectivity index (χ0) is 15.1. The third-order valence-corrected chi connectivity index (χ3v) is 2.85. The Hall–Kier alpha value is -1.62. The summed E-state index contributed by atoms with van der Waals surface area (Å²) in [4.78, 5) is 11.7. The summed E-state index contributed by atoms with van der Waals surface area (Å²) >= 11 is 0. The van der Waals surface area contributed by atoms with Gasteiger partial charge in [-0.2, -0.15) is 0 Å². The van der Waals surface area contributed by atoms with Crippen LogP contribution in [0.15, 0.2) is 18.2 Å². The van der Waals surface area contributed by atoms with Gasteiger partial charge in [0.25, 0.3) is 0 Å². The minimum absolute atomic E-state index is 0.0425. The number of esters is 1. The minimum Gasteiger partial charge on any atom is -0.476 e. The number of ether oxygens (including phenoxy) is 2. The van der Waals surface area contributed by atoms with Gasteiger partial charge in [-0.3, -0.25) is 0 Å². The Morgan fingerprint density at radius 3 is 2.60 bits per heavy atom. The van der Waals surface area contributed by atoms with Gasteiger partial charge in [0.1, 0.15) is 0 Å². The molecule has 20 heavy (non-hydrogen) atoms. The number of carbonyl (C=O) groups is 1. The predicted octanol–water partition coefficient (Wildman–Crippen LogP) is 2.96. The fourth-order valence-corrected chi connectivity index (χ4v) is 1.77. The van der Waals surface area contributed by atoms with Gasteiger partial charge in [-0.25, -0.2) is 9.18 Å². The molecule has 1 rings (SSSR count). The first-order valence-corrected chi connectivity index (χ1v) is 6.87. The molecular weight excluding hydrogens is 261 g/mol. The molecule has 2 N–H and O–H groups in total. The molecular formula is C15H22FNO3. The molecule has 0 saturated heterocycles. The van der Waals surface area contributed by atoms with Crippen LogP contribution in [-0.2, 0) is 9.53 Å². The van der Waals surface area contributed by atoms with E-state index in [1.165, 1.54) is 12.1 Å². The van der Waals surface area contributed by atoms with Crippen molar-refractivity contribution in [1.82, 2.24) is 0 Å². The molecule has 1 aromatic rings. The molecule has 0 heterocycles. The van der Waals surface area contributed by atoms with Crippen LogP contribution in [0.25, 0.3) is 0 Å². The molecule has 0 aliphatic heterocycles. The SMILES string of the molecule is CCCC(Oc1ccc([C@H](C)N)cc1F)C(=O)OCC. The van der Waals surface area contributed by atoms with Crippen LogP contribution in [-0.4, -0.2) is 18.7 Å². The van der Waals surface area contributed by atoms with Crippen LogP contribution in [0.5, 0.6) is 5.75 Å². The quantitative estimate of drug-likeness (QED) is 0.781. The van der Waals surface area contributed by atoms with Crippen molar-refractivity contribution in [2.75, 3.05) is 6.61 Å². The number of rotatable bonds is 7. The van der Waals surface area contributed by atoms with Crippen molar-refractivity contribution in [1.29, 1.82) is 0 Å². The lowest BCUT2D eigenvalue weighted by Crippen LogP contribution is -2.29. The van der Waals surface area contributed by atoms with Crippen molar-refractivity contribution < 1.29 is 18.7 Å². The largest absolute Gasteiger partial charge is 0.476 e. The van der Waals surface area contributed by atoms with Gasteiger partial charge in [-0.1, -0.05) is 19.4 Å². The molecule has 2 atom stereocenters. The number of halogens is 1. The topological polar surface area (TPSA) is 61.5 Å². The Morgan fingerprint density at radius 1 is 1.40 bits per heavy atom. The van der Waals surface area contributed by atoms with Gasteiger partial charge in [0.05, 0.1) is 6.61 Å². The molecule has 0 saturated carbocycles. The summed E-state index contributed by atoms with van der Waals surface area (Å²) in [5.41, 5.74) is 6.37. The first-order valence-electron chi connectivity index (χ1n) is 6.87. The van der Waals surface area contributed by atoms with Gasteiger partial charge in [0, 0.05) is 6.04 Å². The Kier molecular flexibility index (Phi) is 6.45. The van der Waals surface area contributed by atoms with Crippen molar-refractivity contribution >= 4 is 5.97 Å². The highest BCUT2D eigenvalue weighted by molar-refractivity contribution is 5.75. The van der Waals surface area contributed by atoms with Gasteiger partial charge in [-0.15, -0.1) is 0 Å². The summed E-state index contributed by atoms with van der Waals surface area (Å²) < 4.78 is 24.3. The second-order valence-electron chi connectivity index (χ2n) is 4.63. The van der Waals surface area contributed by atoms with Crippen molar-refractivity contribution in [2.45, 2.75) is 45.8 Å². The van der Waals surface area contributed by atoms with Gasteiger partial charge < -0.3 is 15.2 Å². The second-order valence-corrected chi connectivity index (χ2v) is 4.63. The maximum atomic E-state index is 13.9. The minimum atomic E-state index is -0.782. The van der Waals surface area contributed by atoms with E-state index in [2.05, 4.69) is 0 Å². The Morgan fingerprint density at radius 2 is 2.10 bits per heavy atom. The Balaban J connectivity index is 2.85. The van der Waals surface area contributed by atoms with E-state index < -0.39 is 17.9 Å². The van der Waals surface area contributed by atoms with Gasteiger partial charge in [-0.05, 0) is 38.0 Å². The monoisotopic (exact) mass is 283 g/mol. The molecule has 0 aliphatic carbocycles. The van der Waals surface area contributed by atoms with Crippen molar-refractivity contribution in [3.8, 4) is 5.75 Å². The number of nitrogens with two attached hydrogens (primary N) is 1. The van der Waals surface area contributed by atoms with E-state index >= 15 is 0 Å². The predicted molar refractivity (Wildman–Crippen MR) is 75.0 cm³/mol. The lowest BCUT2D eigenvalue weighted by Gasteiger charge is -2.18. The summed E-state index contributed by atoms with van der Waals surface area (Å²) in [6.07, 6.45) is 0.437. The maximum absolute atomic E-state index is 13.9. The Labute approximate surface area is 119 Å². The van der Waals surface area contributed by atoms with Crippen LogP contribution in [0.4, 0.5) is 4.39 Å². The number of benzene rings is 1. The van der Waals surface area contributed by atoms with Crippen LogP contribution in [0.2, 0.25) is 0 Å². The van der Waals surface area contributed by atoms with Crippen molar-refractivity contribution in [2.24, 2.45) is 5.73 Å². The molecule has 0 amide bonds. The lowest BCUT2D eigenvalue weighted by atomic mass is 10.1. The molecule has 0 radical (unpaired) electrons. The Bertz CT molecular complexity index is 449. The third-order valence-electron chi connectivity index (χ3n) is 2.85. The van der Waals surface area contributed by atoms with E-state index in [-0.39, 0.29) is 18.4 Å². The molecule has 0 aliphatic rings. The zero-order valence-corrected chi connectivity index (χ0v) is 12.2. The standard InChI is InChI=1S/C15H22FNO3/c1-4-6-14(15(18)19-5-2)20-13-8-7-11(10(3)17)9-12(13)16/h7-10,14H,4-6,17H2,1-3H3/t10-,14?/m0/s1. The first kappa shape index (κ1) is 16.4. The zero-order valence-electron chi connectivity index (χ0n) is 12.2.